The molecule has 5 nitrogen and oxygen atoms in total. The maximum atomic E-state index is 14.2. The van der Waals surface area contributed by atoms with E-state index in [1.807, 2.05) is 79.7 Å². The third-order valence-corrected chi connectivity index (χ3v) is 7.39. The van der Waals surface area contributed by atoms with E-state index in [4.69, 9.17) is 16.0 Å². The normalized spacial score (nSPS) is 19.1. The fraction of sp³-hybridized carbons (Fsp3) is 0.161. The van der Waals surface area contributed by atoms with Crippen molar-refractivity contribution in [1.82, 2.24) is 0 Å². The van der Waals surface area contributed by atoms with Gasteiger partial charge in [0.15, 0.2) is 5.78 Å². The molecule has 0 bridgehead atoms. The first-order valence-electron chi connectivity index (χ1n) is 12.3. The van der Waals surface area contributed by atoms with Gasteiger partial charge in [0.25, 0.3) is 5.91 Å². The summed E-state index contributed by atoms with van der Waals surface area (Å²) in [6.45, 7) is 1.99. The van der Waals surface area contributed by atoms with Gasteiger partial charge in [0.1, 0.15) is 5.76 Å². The second kappa shape index (κ2) is 9.41. The van der Waals surface area contributed by atoms with Crippen LogP contribution in [-0.4, -0.2) is 11.7 Å². The number of benzene rings is 3. The maximum Gasteiger partial charge on any atom is 0.259 e. The molecule has 2 atom stereocenters. The minimum atomic E-state index is -0.623. The summed E-state index contributed by atoms with van der Waals surface area (Å²) in [6.07, 6.45) is 2.54. The Balaban J connectivity index is 1.57. The van der Waals surface area contributed by atoms with Crippen molar-refractivity contribution in [2.45, 2.75) is 31.7 Å². The molecule has 4 aromatic rings. The number of allylic oxidation sites excluding steroid dienone is 1. The zero-order chi connectivity index (χ0) is 25.5. The lowest BCUT2D eigenvalue weighted by atomic mass is 9.80. The summed E-state index contributed by atoms with van der Waals surface area (Å²) in [6, 6.07) is 25.8. The number of carbonyl (C=O) groups is 2. The molecule has 2 heterocycles. The number of hydrogen-bond acceptors (Lipinski definition) is 4. The molecule has 0 saturated heterocycles. The highest BCUT2D eigenvalue weighted by Crippen LogP contribution is 2.48. The molecule has 1 aromatic heterocycles. The van der Waals surface area contributed by atoms with Crippen LogP contribution in [0.25, 0.3) is 0 Å². The van der Waals surface area contributed by atoms with E-state index in [1.54, 1.807) is 23.3 Å². The molecule has 0 unspecified atom stereocenters. The molecule has 0 radical (unpaired) electrons. The maximum absolute atomic E-state index is 14.2. The van der Waals surface area contributed by atoms with Crippen molar-refractivity contribution in [2.24, 2.45) is 0 Å². The first-order valence-corrected chi connectivity index (χ1v) is 12.7. The highest BCUT2D eigenvalue weighted by atomic mass is 35.5. The zero-order valence-electron chi connectivity index (χ0n) is 20.3. The van der Waals surface area contributed by atoms with Crippen LogP contribution in [0.5, 0.6) is 0 Å². The van der Waals surface area contributed by atoms with Gasteiger partial charge in [0, 0.05) is 34.2 Å². The van der Waals surface area contributed by atoms with Crippen LogP contribution in [0, 0.1) is 6.92 Å². The van der Waals surface area contributed by atoms with Gasteiger partial charge in [-0.3, -0.25) is 14.5 Å². The quantitative estimate of drug-likeness (QED) is 0.312. The average molecular weight is 509 g/mol. The summed E-state index contributed by atoms with van der Waals surface area (Å²) in [5, 5.41) is 4.13. The van der Waals surface area contributed by atoms with Crippen LogP contribution in [0.4, 0.5) is 11.4 Å². The predicted molar refractivity (Wildman–Crippen MR) is 145 cm³/mol. The van der Waals surface area contributed by atoms with Crippen LogP contribution >= 0.6 is 11.6 Å². The molecule has 3 aromatic carbocycles. The van der Waals surface area contributed by atoms with Crippen LogP contribution in [0.15, 0.2) is 107 Å². The largest absolute Gasteiger partial charge is 0.469 e. The van der Waals surface area contributed by atoms with Crippen molar-refractivity contribution < 1.29 is 14.0 Å². The number of rotatable bonds is 3. The Bertz CT molecular complexity index is 1510. The van der Waals surface area contributed by atoms with Crippen LogP contribution in [0.1, 0.15) is 52.0 Å². The number of para-hydroxylation sites is 2. The molecule has 1 N–H and O–H groups in total. The van der Waals surface area contributed by atoms with Gasteiger partial charge in [0.05, 0.1) is 23.7 Å². The number of ketones is 1. The Labute approximate surface area is 220 Å². The third kappa shape index (κ3) is 4.25. The zero-order valence-corrected chi connectivity index (χ0v) is 21.0. The Morgan fingerprint density at radius 3 is 2.43 bits per heavy atom. The lowest BCUT2D eigenvalue weighted by Gasteiger charge is -2.35. The number of fused-ring (bicyclic) bond motifs is 1. The van der Waals surface area contributed by atoms with E-state index in [2.05, 4.69) is 5.32 Å². The molecule has 0 spiro atoms. The van der Waals surface area contributed by atoms with Gasteiger partial charge in [0.2, 0.25) is 0 Å². The second-order valence-electron chi connectivity index (χ2n) is 9.57. The number of anilines is 2. The molecule has 0 saturated carbocycles. The summed E-state index contributed by atoms with van der Waals surface area (Å²) < 4.78 is 5.67. The van der Waals surface area contributed by atoms with Gasteiger partial charge < -0.3 is 9.73 Å². The lowest BCUT2D eigenvalue weighted by Crippen LogP contribution is -2.38. The van der Waals surface area contributed by atoms with Crippen molar-refractivity contribution >= 4 is 34.7 Å². The van der Waals surface area contributed by atoms with Crippen molar-refractivity contribution in [1.29, 1.82) is 0 Å². The number of Topliss-reactive ketones (excluding diaryl/α,β-unsaturated/α-hetero) is 1. The molecule has 1 amide bonds. The van der Waals surface area contributed by atoms with Crippen molar-refractivity contribution in [3.63, 3.8) is 0 Å². The minimum Gasteiger partial charge on any atom is -0.469 e. The van der Waals surface area contributed by atoms with Gasteiger partial charge in [-0.25, -0.2) is 0 Å². The highest BCUT2D eigenvalue weighted by Gasteiger charge is 2.42. The Morgan fingerprint density at radius 2 is 1.70 bits per heavy atom. The minimum absolute atomic E-state index is 0.00962. The monoisotopic (exact) mass is 508 g/mol. The molecular weight excluding hydrogens is 484 g/mol. The number of aryl methyl sites for hydroxylation is 1. The van der Waals surface area contributed by atoms with E-state index in [-0.39, 0.29) is 17.6 Å². The molecule has 6 rings (SSSR count). The van der Waals surface area contributed by atoms with E-state index in [0.29, 0.717) is 34.7 Å². The first-order chi connectivity index (χ1) is 18.0. The van der Waals surface area contributed by atoms with Crippen LogP contribution < -0.4 is 10.2 Å². The molecule has 1 aliphatic heterocycles. The number of furan rings is 1. The molecule has 37 heavy (non-hydrogen) atoms. The number of nitrogens with one attached hydrogen (secondary N) is 1. The van der Waals surface area contributed by atoms with Crippen molar-refractivity contribution in [2.75, 3.05) is 10.2 Å². The fourth-order valence-corrected chi connectivity index (χ4v) is 5.46. The summed E-state index contributed by atoms with van der Waals surface area (Å²) in [4.78, 5) is 29.9. The predicted octanol–water partition coefficient (Wildman–Crippen LogP) is 7.46. The van der Waals surface area contributed by atoms with Gasteiger partial charge in [-0.05, 0) is 67.4 Å². The summed E-state index contributed by atoms with van der Waals surface area (Å²) >= 11 is 6.23. The molecule has 6 heteroatoms. The van der Waals surface area contributed by atoms with Crippen LogP contribution in [-0.2, 0) is 4.79 Å². The van der Waals surface area contributed by atoms with Gasteiger partial charge in [-0.1, -0.05) is 53.6 Å². The van der Waals surface area contributed by atoms with E-state index < -0.39 is 6.04 Å². The van der Waals surface area contributed by atoms with E-state index in [9.17, 15) is 9.59 Å². The lowest BCUT2D eigenvalue weighted by molar-refractivity contribution is -0.116. The third-order valence-electron chi connectivity index (χ3n) is 7.14. The Hall–Kier alpha value is -4.09. The van der Waals surface area contributed by atoms with E-state index >= 15 is 0 Å². The molecular formula is C31H25ClN2O3. The number of hydrogen-bond donors (Lipinski definition) is 1. The standard InChI is InChI=1S/C31H25ClN2O3/c1-19-8-10-21(11-9-19)31(36)34-26-6-3-2-5-24(26)33-25-17-22(28-7-4-16-37-28)18-27(35)29(25)30(34)20-12-14-23(32)15-13-20/h2-16,22,30,33H,17-18H2,1H3/t22-,30+/m0/s1. The van der Waals surface area contributed by atoms with Gasteiger partial charge in [-0.2, -0.15) is 0 Å². The Kier molecular flexibility index (Phi) is 5.93. The number of nitrogens with zero attached hydrogens (tertiary/aromatic N) is 1. The topological polar surface area (TPSA) is 62.6 Å². The first kappa shape index (κ1) is 23.3. The summed E-state index contributed by atoms with van der Waals surface area (Å²) in [5.41, 5.74) is 5.34. The summed E-state index contributed by atoms with van der Waals surface area (Å²) in [5.74, 6) is 0.523. The smallest absolute Gasteiger partial charge is 0.259 e. The molecule has 184 valence electrons. The van der Waals surface area contributed by atoms with Crippen LogP contribution in [0.3, 0.4) is 0 Å². The summed E-state index contributed by atoms with van der Waals surface area (Å²) in [7, 11) is 0. The van der Waals surface area contributed by atoms with Crippen molar-refractivity contribution in [3.8, 4) is 0 Å². The fourth-order valence-electron chi connectivity index (χ4n) is 5.33. The van der Waals surface area contributed by atoms with Gasteiger partial charge in [-0.15, -0.1) is 0 Å². The van der Waals surface area contributed by atoms with E-state index in [0.717, 1.165) is 28.3 Å². The number of carbonyl (C=O) groups excluding carboxylic acids is 2. The SMILES string of the molecule is Cc1ccc(C(=O)N2c3ccccc3NC3=C(C(=O)C[C@@H](c4ccco4)C3)[C@H]2c2ccc(Cl)cc2)cc1. The molecule has 2 aliphatic rings. The van der Waals surface area contributed by atoms with E-state index in [1.165, 1.54) is 0 Å². The average Bonchev–Trinajstić information content (AvgIpc) is 3.40. The molecule has 1 aliphatic carbocycles. The Morgan fingerprint density at radius 1 is 0.946 bits per heavy atom. The van der Waals surface area contributed by atoms with Crippen LogP contribution in [0.2, 0.25) is 5.02 Å². The molecule has 0 fully saturated rings. The number of halogens is 1. The van der Waals surface area contributed by atoms with Crippen molar-refractivity contribution in [3.05, 3.63) is 130 Å². The van der Waals surface area contributed by atoms with Gasteiger partial charge >= 0.3 is 0 Å². The number of amides is 1. The second-order valence-corrected chi connectivity index (χ2v) is 10.0. The highest BCUT2D eigenvalue weighted by molar-refractivity contribution is 6.30.